The number of thiazole rings is 1. The van der Waals surface area contributed by atoms with Crippen LogP contribution in [0.2, 0.25) is 0 Å². The predicted molar refractivity (Wildman–Crippen MR) is 70.8 cm³/mol. The third-order valence-electron chi connectivity index (χ3n) is 2.76. The Kier molecular flexibility index (Phi) is 5.41. The molecule has 0 radical (unpaired) electrons. The lowest BCUT2D eigenvalue weighted by Crippen LogP contribution is -2.27. The molecule has 1 rings (SSSR count). The summed E-state index contributed by atoms with van der Waals surface area (Å²) in [5.74, 6) is 0.314. The molecule has 0 aliphatic heterocycles. The summed E-state index contributed by atoms with van der Waals surface area (Å²) in [4.78, 5) is 18.4. The molecule has 0 N–H and O–H groups in total. The van der Waals surface area contributed by atoms with Gasteiger partial charge < -0.3 is 9.64 Å². The molecule has 1 atom stereocenters. The molecule has 4 nitrogen and oxygen atoms in total. The van der Waals surface area contributed by atoms with Gasteiger partial charge in [-0.1, -0.05) is 31.6 Å². The van der Waals surface area contributed by atoms with E-state index in [0.29, 0.717) is 10.8 Å². The van der Waals surface area contributed by atoms with Crippen LogP contribution < -0.4 is 4.90 Å². The number of carbonyl (C=O) groups is 1. The molecule has 5 heteroatoms. The Labute approximate surface area is 107 Å². The molecule has 1 aromatic rings. The van der Waals surface area contributed by atoms with E-state index in [1.54, 1.807) is 6.20 Å². The highest BCUT2D eigenvalue weighted by molar-refractivity contribution is 7.17. The second-order valence-electron chi connectivity index (χ2n) is 4.05. The molecular weight excluding hydrogens is 236 g/mol. The van der Waals surface area contributed by atoms with Crippen molar-refractivity contribution in [1.29, 1.82) is 0 Å². The average molecular weight is 256 g/mol. The van der Waals surface area contributed by atoms with E-state index < -0.39 is 0 Å². The number of aromatic nitrogens is 1. The first-order valence-electron chi connectivity index (χ1n) is 5.91. The maximum atomic E-state index is 11.3. The molecule has 0 amide bonds. The number of carbonyl (C=O) groups excluding carboxylic acids is 1. The molecule has 0 saturated heterocycles. The first kappa shape index (κ1) is 14.0. The standard InChI is InChI=1S/C12H20N2O2S/c1-5-9(3)8-14(6-2)12-13-7-10(17-12)11(15)16-4/h7,9H,5-6,8H2,1-4H3. The van der Waals surface area contributed by atoms with E-state index in [-0.39, 0.29) is 5.97 Å². The number of nitrogens with zero attached hydrogens (tertiary/aromatic N) is 2. The van der Waals surface area contributed by atoms with E-state index in [1.807, 2.05) is 0 Å². The Balaban J connectivity index is 2.75. The van der Waals surface area contributed by atoms with Crippen molar-refractivity contribution in [3.63, 3.8) is 0 Å². The van der Waals surface area contributed by atoms with Crippen molar-refractivity contribution in [2.75, 3.05) is 25.1 Å². The van der Waals surface area contributed by atoms with Crippen LogP contribution in [0.15, 0.2) is 6.20 Å². The zero-order chi connectivity index (χ0) is 12.8. The van der Waals surface area contributed by atoms with Gasteiger partial charge in [0.05, 0.1) is 13.3 Å². The van der Waals surface area contributed by atoms with Gasteiger partial charge in [-0.05, 0) is 12.8 Å². The molecule has 1 heterocycles. The Bertz CT molecular complexity index is 365. The van der Waals surface area contributed by atoms with E-state index in [0.717, 1.165) is 24.6 Å². The molecule has 0 spiro atoms. The summed E-state index contributed by atoms with van der Waals surface area (Å²) in [6, 6.07) is 0. The van der Waals surface area contributed by atoms with Gasteiger partial charge in [-0.3, -0.25) is 0 Å². The van der Waals surface area contributed by atoms with Crippen LogP contribution in [0.3, 0.4) is 0 Å². The monoisotopic (exact) mass is 256 g/mol. The maximum absolute atomic E-state index is 11.3. The number of hydrogen-bond donors (Lipinski definition) is 0. The predicted octanol–water partition coefficient (Wildman–Crippen LogP) is 2.80. The first-order valence-corrected chi connectivity index (χ1v) is 6.73. The highest BCUT2D eigenvalue weighted by Crippen LogP contribution is 2.24. The highest BCUT2D eigenvalue weighted by atomic mass is 32.1. The number of hydrogen-bond acceptors (Lipinski definition) is 5. The maximum Gasteiger partial charge on any atom is 0.349 e. The molecule has 1 unspecified atom stereocenters. The second-order valence-corrected chi connectivity index (χ2v) is 5.06. The average Bonchev–Trinajstić information content (AvgIpc) is 2.83. The number of rotatable bonds is 6. The minimum atomic E-state index is -0.312. The molecule has 96 valence electrons. The molecule has 0 aliphatic rings. The van der Waals surface area contributed by atoms with E-state index >= 15 is 0 Å². The minimum Gasteiger partial charge on any atom is -0.465 e. The van der Waals surface area contributed by atoms with Crippen molar-refractivity contribution in [3.05, 3.63) is 11.1 Å². The van der Waals surface area contributed by atoms with Crippen LogP contribution in [0.4, 0.5) is 5.13 Å². The zero-order valence-electron chi connectivity index (χ0n) is 10.9. The van der Waals surface area contributed by atoms with Crippen LogP contribution >= 0.6 is 11.3 Å². The largest absolute Gasteiger partial charge is 0.465 e. The Morgan fingerprint density at radius 2 is 2.29 bits per heavy atom. The molecule has 0 aliphatic carbocycles. The summed E-state index contributed by atoms with van der Waals surface area (Å²) in [5, 5.41) is 0.896. The smallest absolute Gasteiger partial charge is 0.349 e. The first-order chi connectivity index (χ1) is 8.12. The number of ether oxygens (including phenoxy) is 1. The van der Waals surface area contributed by atoms with E-state index in [4.69, 9.17) is 0 Å². The fraction of sp³-hybridized carbons (Fsp3) is 0.667. The summed E-state index contributed by atoms with van der Waals surface area (Å²) in [5.41, 5.74) is 0. The lowest BCUT2D eigenvalue weighted by Gasteiger charge is -2.23. The normalized spacial score (nSPS) is 12.2. The Morgan fingerprint density at radius 3 is 2.82 bits per heavy atom. The third-order valence-corrected chi connectivity index (χ3v) is 3.80. The molecule has 0 bridgehead atoms. The van der Waals surface area contributed by atoms with E-state index in [9.17, 15) is 4.79 Å². The molecule has 0 fully saturated rings. The van der Waals surface area contributed by atoms with Crippen LogP contribution in [0.25, 0.3) is 0 Å². The summed E-state index contributed by atoms with van der Waals surface area (Å²) in [6.45, 7) is 8.37. The van der Waals surface area contributed by atoms with Gasteiger partial charge in [0.25, 0.3) is 0 Å². The molecule has 0 saturated carbocycles. The topological polar surface area (TPSA) is 42.4 Å². The van der Waals surface area contributed by atoms with Crippen molar-refractivity contribution in [3.8, 4) is 0 Å². The van der Waals surface area contributed by atoms with Gasteiger partial charge in [0.2, 0.25) is 0 Å². The summed E-state index contributed by atoms with van der Waals surface area (Å²) < 4.78 is 4.68. The fourth-order valence-corrected chi connectivity index (χ4v) is 2.36. The minimum absolute atomic E-state index is 0.312. The van der Waals surface area contributed by atoms with Gasteiger partial charge in [-0.2, -0.15) is 0 Å². The molecule has 17 heavy (non-hydrogen) atoms. The molecular formula is C12H20N2O2S. The zero-order valence-corrected chi connectivity index (χ0v) is 11.7. The lowest BCUT2D eigenvalue weighted by atomic mass is 10.1. The van der Waals surface area contributed by atoms with Gasteiger partial charge in [0.1, 0.15) is 4.88 Å². The van der Waals surface area contributed by atoms with Crippen molar-refractivity contribution < 1.29 is 9.53 Å². The number of methoxy groups -OCH3 is 1. The van der Waals surface area contributed by atoms with Crippen molar-refractivity contribution in [1.82, 2.24) is 4.98 Å². The van der Waals surface area contributed by atoms with Crippen molar-refractivity contribution in [2.24, 2.45) is 5.92 Å². The van der Waals surface area contributed by atoms with Crippen LogP contribution in [0.5, 0.6) is 0 Å². The van der Waals surface area contributed by atoms with E-state index in [2.05, 4.69) is 35.4 Å². The van der Waals surface area contributed by atoms with Crippen molar-refractivity contribution in [2.45, 2.75) is 27.2 Å². The SMILES string of the molecule is CCC(C)CN(CC)c1ncc(C(=O)OC)s1. The summed E-state index contributed by atoms with van der Waals surface area (Å²) in [6.07, 6.45) is 2.73. The van der Waals surface area contributed by atoms with Crippen LogP contribution in [0, 0.1) is 5.92 Å². The Hall–Kier alpha value is -1.10. The van der Waals surface area contributed by atoms with Gasteiger partial charge >= 0.3 is 5.97 Å². The fourth-order valence-electron chi connectivity index (χ4n) is 1.45. The molecule has 1 aromatic heterocycles. The van der Waals surface area contributed by atoms with Crippen LogP contribution in [-0.4, -0.2) is 31.2 Å². The van der Waals surface area contributed by atoms with Gasteiger partial charge in [0.15, 0.2) is 5.13 Å². The van der Waals surface area contributed by atoms with E-state index in [1.165, 1.54) is 18.4 Å². The quantitative estimate of drug-likeness (QED) is 0.734. The summed E-state index contributed by atoms with van der Waals surface area (Å²) >= 11 is 1.39. The van der Waals surface area contributed by atoms with Crippen molar-refractivity contribution >= 4 is 22.4 Å². The molecule has 0 aromatic carbocycles. The number of anilines is 1. The van der Waals surface area contributed by atoms with Gasteiger partial charge in [-0.15, -0.1) is 0 Å². The third kappa shape index (κ3) is 3.70. The second kappa shape index (κ2) is 6.59. The lowest BCUT2D eigenvalue weighted by molar-refractivity contribution is 0.0606. The highest BCUT2D eigenvalue weighted by Gasteiger charge is 2.15. The van der Waals surface area contributed by atoms with Gasteiger partial charge in [0, 0.05) is 13.1 Å². The van der Waals surface area contributed by atoms with Gasteiger partial charge in [-0.25, -0.2) is 9.78 Å². The van der Waals surface area contributed by atoms with Crippen LogP contribution in [-0.2, 0) is 4.74 Å². The Morgan fingerprint density at radius 1 is 1.59 bits per heavy atom. The summed E-state index contributed by atoms with van der Waals surface area (Å²) in [7, 11) is 1.39. The number of esters is 1. The van der Waals surface area contributed by atoms with Crippen LogP contribution in [0.1, 0.15) is 36.9 Å².